The molecule has 1 rings (SSSR count). The van der Waals surface area contributed by atoms with Crippen molar-refractivity contribution < 1.29 is 9.59 Å². The molecule has 0 aromatic rings. The second kappa shape index (κ2) is 10.0. The normalized spacial score (nSPS) is 16.7. The standard InChI is InChI=1S/C13H25N3O2.ClH/c1-2-3-6-11(9-14)15-12(17)10-16-8-5-4-7-13(16)18;/h11H,2-10,14H2,1H3,(H,15,17);1H. The van der Waals surface area contributed by atoms with E-state index in [4.69, 9.17) is 5.73 Å². The fourth-order valence-electron chi connectivity index (χ4n) is 2.18. The van der Waals surface area contributed by atoms with E-state index < -0.39 is 0 Å². The van der Waals surface area contributed by atoms with Gasteiger partial charge >= 0.3 is 0 Å². The zero-order valence-electron chi connectivity index (χ0n) is 11.7. The van der Waals surface area contributed by atoms with E-state index in [9.17, 15) is 9.59 Å². The Morgan fingerprint density at radius 3 is 2.79 bits per heavy atom. The van der Waals surface area contributed by atoms with E-state index in [1.54, 1.807) is 4.90 Å². The number of nitrogens with one attached hydrogen (secondary N) is 1. The maximum Gasteiger partial charge on any atom is 0.239 e. The number of amides is 2. The highest BCUT2D eigenvalue weighted by molar-refractivity contribution is 5.85. The number of likely N-dealkylation sites (tertiary alicyclic amines) is 1. The molecule has 1 fully saturated rings. The molecule has 1 heterocycles. The molecule has 1 unspecified atom stereocenters. The highest BCUT2D eigenvalue weighted by atomic mass is 35.5. The molecule has 1 aliphatic rings. The summed E-state index contributed by atoms with van der Waals surface area (Å²) in [7, 11) is 0. The summed E-state index contributed by atoms with van der Waals surface area (Å²) >= 11 is 0. The Morgan fingerprint density at radius 1 is 1.47 bits per heavy atom. The lowest BCUT2D eigenvalue weighted by molar-refractivity contribution is -0.138. The first-order chi connectivity index (χ1) is 8.67. The first kappa shape index (κ1) is 18.2. The molecule has 112 valence electrons. The van der Waals surface area contributed by atoms with E-state index >= 15 is 0 Å². The van der Waals surface area contributed by atoms with Gasteiger partial charge in [0.25, 0.3) is 0 Å². The van der Waals surface area contributed by atoms with Crippen LogP contribution in [0.1, 0.15) is 45.4 Å². The van der Waals surface area contributed by atoms with Crippen LogP contribution in [0.3, 0.4) is 0 Å². The lowest BCUT2D eigenvalue weighted by Crippen LogP contribution is -2.47. The summed E-state index contributed by atoms with van der Waals surface area (Å²) < 4.78 is 0. The van der Waals surface area contributed by atoms with E-state index in [1.807, 2.05) is 0 Å². The maximum atomic E-state index is 11.8. The predicted molar refractivity (Wildman–Crippen MR) is 78.2 cm³/mol. The summed E-state index contributed by atoms with van der Waals surface area (Å²) in [5.41, 5.74) is 5.63. The largest absolute Gasteiger partial charge is 0.351 e. The second-order valence-corrected chi connectivity index (χ2v) is 4.91. The van der Waals surface area contributed by atoms with Gasteiger partial charge in [-0.2, -0.15) is 0 Å². The molecule has 0 spiro atoms. The van der Waals surface area contributed by atoms with Gasteiger partial charge in [0.2, 0.25) is 11.8 Å². The van der Waals surface area contributed by atoms with E-state index in [0.29, 0.717) is 19.5 Å². The number of nitrogens with zero attached hydrogens (tertiary/aromatic N) is 1. The van der Waals surface area contributed by atoms with Crippen LogP contribution in [0.4, 0.5) is 0 Å². The number of halogens is 1. The topological polar surface area (TPSA) is 75.4 Å². The zero-order valence-corrected chi connectivity index (χ0v) is 12.5. The molecule has 0 radical (unpaired) electrons. The van der Waals surface area contributed by atoms with Crippen molar-refractivity contribution in [2.24, 2.45) is 5.73 Å². The summed E-state index contributed by atoms with van der Waals surface area (Å²) in [6.45, 7) is 3.46. The lowest BCUT2D eigenvalue weighted by Gasteiger charge is -2.27. The van der Waals surface area contributed by atoms with E-state index in [0.717, 1.165) is 32.1 Å². The van der Waals surface area contributed by atoms with Gasteiger partial charge in [0.05, 0.1) is 6.54 Å². The maximum absolute atomic E-state index is 11.8. The van der Waals surface area contributed by atoms with E-state index in [1.165, 1.54) is 0 Å². The van der Waals surface area contributed by atoms with Crippen LogP contribution in [0.15, 0.2) is 0 Å². The minimum atomic E-state index is -0.0863. The summed E-state index contributed by atoms with van der Waals surface area (Å²) in [5.74, 6) is 0.00561. The number of carbonyl (C=O) groups excluding carboxylic acids is 2. The molecule has 1 saturated heterocycles. The van der Waals surface area contributed by atoms with Gasteiger partial charge in [-0.25, -0.2) is 0 Å². The van der Waals surface area contributed by atoms with E-state index in [2.05, 4.69) is 12.2 Å². The lowest BCUT2D eigenvalue weighted by atomic mass is 10.1. The molecule has 2 amide bonds. The molecule has 19 heavy (non-hydrogen) atoms. The van der Waals surface area contributed by atoms with Crippen LogP contribution in [0, 0.1) is 0 Å². The van der Waals surface area contributed by atoms with Crippen molar-refractivity contribution in [3.05, 3.63) is 0 Å². The Balaban J connectivity index is 0.00000324. The van der Waals surface area contributed by atoms with Crippen molar-refractivity contribution in [3.63, 3.8) is 0 Å². The number of hydrogen-bond donors (Lipinski definition) is 2. The quantitative estimate of drug-likeness (QED) is 0.736. The summed E-state index contributed by atoms with van der Waals surface area (Å²) in [6.07, 6.45) is 5.58. The Labute approximate surface area is 121 Å². The van der Waals surface area contributed by atoms with Crippen molar-refractivity contribution in [2.45, 2.75) is 51.5 Å². The smallest absolute Gasteiger partial charge is 0.239 e. The number of nitrogens with two attached hydrogens (primary N) is 1. The zero-order chi connectivity index (χ0) is 13.4. The fraction of sp³-hybridized carbons (Fsp3) is 0.846. The summed E-state index contributed by atoms with van der Waals surface area (Å²) in [5, 5.41) is 2.91. The van der Waals surface area contributed by atoms with Gasteiger partial charge in [0, 0.05) is 25.6 Å². The van der Waals surface area contributed by atoms with Crippen molar-refractivity contribution in [1.82, 2.24) is 10.2 Å². The van der Waals surface area contributed by atoms with Crippen LogP contribution >= 0.6 is 12.4 Å². The van der Waals surface area contributed by atoms with Gasteiger partial charge in [-0.15, -0.1) is 12.4 Å². The average molecular weight is 292 g/mol. The van der Waals surface area contributed by atoms with Gasteiger partial charge in [-0.05, 0) is 19.3 Å². The van der Waals surface area contributed by atoms with Gasteiger partial charge < -0.3 is 16.0 Å². The van der Waals surface area contributed by atoms with Gasteiger partial charge in [-0.1, -0.05) is 19.8 Å². The molecule has 0 bridgehead atoms. The van der Waals surface area contributed by atoms with Crippen LogP contribution < -0.4 is 11.1 Å². The molecule has 1 atom stereocenters. The van der Waals surface area contributed by atoms with Crippen LogP contribution in [0.25, 0.3) is 0 Å². The summed E-state index contributed by atoms with van der Waals surface area (Å²) in [4.78, 5) is 25.1. The Kier molecular flexibility index (Phi) is 9.61. The number of unbranched alkanes of at least 4 members (excludes halogenated alkanes) is 1. The first-order valence-corrected chi connectivity index (χ1v) is 6.94. The third-order valence-electron chi connectivity index (χ3n) is 3.31. The van der Waals surface area contributed by atoms with E-state index in [-0.39, 0.29) is 36.8 Å². The average Bonchev–Trinajstić information content (AvgIpc) is 2.37. The molecule has 0 aliphatic carbocycles. The molecule has 0 saturated carbocycles. The SMILES string of the molecule is CCCCC(CN)NC(=O)CN1CCCCC1=O.Cl. The van der Waals surface area contributed by atoms with Gasteiger partial charge in [0.1, 0.15) is 0 Å². The Bertz CT molecular complexity index is 287. The Hall–Kier alpha value is -0.810. The summed E-state index contributed by atoms with van der Waals surface area (Å²) in [6, 6.07) is 0.0392. The van der Waals surface area contributed by atoms with Crippen LogP contribution in [-0.4, -0.2) is 42.4 Å². The highest BCUT2D eigenvalue weighted by Gasteiger charge is 2.21. The molecular formula is C13H26ClN3O2. The monoisotopic (exact) mass is 291 g/mol. The van der Waals surface area contributed by atoms with Crippen molar-refractivity contribution in [3.8, 4) is 0 Å². The van der Waals surface area contributed by atoms with Crippen LogP contribution in [0.5, 0.6) is 0 Å². The van der Waals surface area contributed by atoms with Gasteiger partial charge in [0.15, 0.2) is 0 Å². The molecular weight excluding hydrogens is 266 g/mol. The molecule has 5 nitrogen and oxygen atoms in total. The minimum absolute atomic E-state index is 0. The molecule has 1 aliphatic heterocycles. The highest BCUT2D eigenvalue weighted by Crippen LogP contribution is 2.09. The molecule has 0 aromatic carbocycles. The first-order valence-electron chi connectivity index (χ1n) is 6.94. The second-order valence-electron chi connectivity index (χ2n) is 4.91. The number of hydrogen-bond acceptors (Lipinski definition) is 3. The fourth-order valence-corrected chi connectivity index (χ4v) is 2.18. The minimum Gasteiger partial charge on any atom is -0.351 e. The number of rotatable bonds is 7. The number of piperidine rings is 1. The third kappa shape index (κ3) is 6.78. The third-order valence-corrected chi connectivity index (χ3v) is 3.31. The predicted octanol–water partition coefficient (Wildman–Crippen LogP) is 1.05. The molecule has 3 N–H and O–H groups in total. The number of carbonyl (C=O) groups is 2. The van der Waals surface area contributed by atoms with Crippen molar-refractivity contribution >= 4 is 24.2 Å². The molecule has 6 heteroatoms. The van der Waals surface area contributed by atoms with Crippen molar-refractivity contribution in [2.75, 3.05) is 19.6 Å². The van der Waals surface area contributed by atoms with Crippen LogP contribution in [-0.2, 0) is 9.59 Å². The van der Waals surface area contributed by atoms with Crippen LogP contribution in [0.2, 0.25) is 0 Å². The van der Waals surface area contributed by atoms with Crippen molar-refractivity contribution in [1.29, 1.82) is 0 Å². The van der Waals surface area contributed by atoms with Gasteiger partial charge in [-0.3, -0.25) is 9.59 Å². The molecule has 0 aromatic heterocycles. The Morgan fingerprint density at radius 2 is 2.21 bits per heavy atom.